The van der Waals surface area contributed by atoms with E-state index in [0.29, 0.717) is 33.0 Å². The summed E-state index contributed by atoms with van der Waals surface area (Å²) in [4.78, 5) is 0. The lowest BCUT2D eigenvalue weighted by Crippen LogP contribution is -2.64. The van der Waals surface area contributed by atoms with E-state index in [-0.39, 0.29) is 16.6 Å². The van der Waals surface area contributed by atoms with Crippen LogP contribution in [0.3, 0.4) is 0 Å². The molecule has 0 aromatic carbocycles. The van der Waals surface area contributed by atoms with E-state index < -0.39 is 25.7 Å². The van der Waals surface area contributed by atoms with Gasteiger partial charge in [0.1, 0.15) is 0 Å². The molecule has 2 atom stereocenters. The fraction of sp³-hybridized carbons (Fsp3) is 1.00. The van der Waals surface area contributed by atoms with Crippen molar-refractivity contribution < 1.29 is 31.3 Å². The third-order valence-electron chi connectivity index (χ3n) is 6.07. The van der Waals surface area contributed by atoms with Crippen molar-refractivity contribution in [2.75, 3.05) is 54.4 Å². The molecular formula is C22H52O7Si3. The highest BCUT2D eigenvalue weighted by molar-refractivity contribution is 6.88. The van der Waals surface area contributed by atoms with Gasteiger partial charge in [0.2, 0.25) is 0 Å². The zero-order chi connectivity index (χ0) is 24.8. The Morgan fingerprint density at radius 2 is 0.781 bits per heavy atom. The van der Waals surface area contributed by atoms with Crippen molar-refractivity contribution in [2.24, 2.45) is 0 Å². The van der Waals surface area contributed by atoms with Gasteiger partial charge in [-0.25, -0.2) is 0 Å². The van der Waals surface area contributed by atoms with E-state index in [4.69, 9.17) is 31.3 Å². The molecule has 0 saturated carbocycles. The maximum atomic E-state index is 7.31. The van der Waals surface area contributed by atoms with Crippen LogP contribution in [0.15, 0.2) is 0 Å². The first-order valence-corrected chi connectivity index (χ1v) is 18.5. The summed E-state index contributed by atoms with van der Waals surface area (Å²) in [7, 11) is -2.90. The van der Waals surface area contributed by atoms with Crippen molar-refractivity contribution in [1.29, 1.82) is 0 Å². The lowest BCUT2D eigenvalue weighted by atomic mass is 10.6. The number of rotatable bonds is 20. The number of ether oxygens (including phenoxy) is 3. The Labute approximate surface area is 201 Å². The maximum Gasteiger partial charge on any atom is 0.334 e. The Kier molecular flexibility index (Phi) is 16.3. The summed E-state index contributed by atoms with van der Waals surface area (Å²) in [6.07, 6.45) is 0. The largest absolute Gasteiger partial charge is 0.414 e. The zero-order valence-corrected chi connectivity index (χ0v) is 25.7. The van der Waals surface area contributed by atoms with Crippen LogP contribution in [0.1, 0.15) is 55.4 Å². The highest BCUT2D eigenvalue weighted by Crippen LogP contribution is 2.42. The average Bonchev–Trinajstić information content (AvgIpc) is 2.73. The summed E-state index contributed by atoms with van der Waals surface area (Å²) in [5.41, 5.74) is 0.728. The molecule has 7 nitrogen and oxygen atoms in total. The topological polar surface area (TPSA) is 64.6 Å². The third kappa shape index (κ3) is 9.20. The molecule has 0 aliphatic rings. The van der Waals surface area contributed by atoms with E-state index in [1.165, 1.54) is 0 Å². The van der Waals surface area contributed by atoms with Crippen LogP contribution in [0.25, 0.3) is 0 Å². The van der Waals surface area contributed by atoms with E-state index in [0.717, 1.165) is 18.1 Å². The highest BCUT2D eigenvalue weighted by Gasteiger charge is 2.57. The summed E-state index contributed by atoms with van der Waals surface area (Å²) in [5, 5.41) is 0. The van der Waals surface area contributed by atoms with Gasteiger partial charge < -0.3 is 31.3 Å². The zero-order valence-electron chi connectivity index (χ0n) is 22.7. The van der Waals surface area contributed by atoms with Crippen LogP contribution in [0, 0.1) is 0 Å². The molecule has 10 heteroatoms. The lowest BCUT2D eigenvalue weighted by molar-refractivity contribution is 0.150. The molecule has 0 saturated heterocycles. The molecule has 0 bridgehead atoms. The van der Waals surface area contributed by atoms with Crippen LogP contribution >= 0.6 is 0 Å². The first-order valence-electron chi connectivity index (χ1n) is 12.2. The van der Waals surface area contributed by atoms with Crippen LogP contribution in [0.4, 0.5) is 0 Å². The van der Waals surface area contributed by atoms with Crippen LogP contribution in [-0.2, 0) is 31.3 Å². The summed E-state index contributed by atoms with van der Waals surface area (Å²) in [6.45, 7) is 20.4. The van der Waals surface area contributed by atoms with E-state index in [9.17, 15) is 0 Å². The van der Waals surface area contributed by atoms with Crippen molar-refractivity contribution >= 4 is 25.7 Å². The average molecular weight is 513 g/mol. The van der Waals surface area contributed by atoms with Crippen LogP contribution in [0.5, 0.6) is 0 Å². The second kappa shape index (κ2) is 16.1. The smallest absolute Gasteiger partial charge is 0.334 e. The van der Waals surface area contributed by atoms with Gasteiger partial charge in [0.15, 0.2) is 0 Å². The molecular weight excluding hydrogens is 460 g/mol. The van der Waals surface area contributed by atoms with Crippen molar-refractivity contribution in [3.8, 4) is 0 Å². The monoisotopic (exact) mass is 512 g/mol. The number of methoxy groups -OCH3 is 3. The minimum atomic E-state index is -2.83. The second-order valence-corrected chi connectivity index (χ2v) is 21.2. The van der Waals surface area contributed by atoms with Crippen molar-refractivity contribution in [2.45, 2.75) is 90.1 Å². The molecule has 0 aliphatic heterocycles. The molecule has 0 N–H and O–H groups in total. The van der Waals surface area contributed by atoms with Crippen molar-refractivity contribution in [3.63, 3.8) is 0 Å². The van der Waals surface area contributed by atoms with Gasteiger partial charge in [0, 0.05) is 72.5 Å². The molecule has 0 rings (SSSR count). The predicted octanol–water partition coefficient (Wildman–Crippen LogP) is 5.59. The van der Waals surface area contributed by atoms with Gasteiger partial charge in [-0.3, -0.25) is 0 Å². The van der Waals surface area contributed by atoms with Gasteiger partial charge in [-0.15, -0.1) is 0 Å². The Balaban J connectivity index is 6.56. The molecule has 0 amide bonds. The molecule has 0 aromatic rings. The lowest BCUT2D eigenvalue weighted by Gasteiger charge is -2.49. The highest BCUT2D eigenvalue weighted by atomic mass is 28.5. The summed E-state index contributed by atoms with van der Waals surface area (Å²) >= 11 is 0. The van der Waals surface area contributed by atoms with E-state index in [1.807, 2.05) is 13.8 Å². The second-order valence-electron chi connectivity index (χ2n) is 9.20. The normalized spacial score (nSPS) is 18.2. The van der Waals surface area contributed by atoms with Crippen LogP contribution in [0.2, 0.25) is 34.8 Å². The minimum Gasteiger partial charge on any atom is -0.414 e. The molecule has 0 fully saturated rings. The molecule has 2 unspecified atom stereocenters. The summed E-state index contributed by atoms with van der Waals surface area (Å²) in [5.74, 6) is 0. The van der Waals surface area contributed by atoms with E-state index in [1.54, 1.807) is 21.3 Å². The summed E-state index contributed by atoms with van der Waals surface area (Å²) in [6, 6.07) is 2.29. The Morgan fingerprint density at radius 3 is 1.00 bits per heavy atom. The molecule has 0 spiro atoms. The van der Waals surface area contributed by atoms with Gasteiger partial charge >= 0.3 is 25.7 Å². The molecule has 194 valence electrons. The van der Waals surface area contributed by atoms with E-state index >= 15 is 0 Å². The minimum absolute atomic E-state index is 0.208. The molecule has 0 aliphatic carbocycles. The number of hydrogen-bond acceptors (Lipinski definition) is 7. The fourth-order valence-corrected chi connectivity index (χ4v) is 20.1. The first kappa shape index (κ1) is 32.4. The first-order chi connectivity index (χ1) is 15.0. The molecule has 32 heavy (non-hydrogen) atoms. The quantitative estimate of drug-likeness (QED) is 0.197. The number of hydrogen-bond donors (Lipinski definition) is 0. The molecule has 0 radical (unpaired) electrons. The Bertz CT molecular complexity index is 450. The Morgan fingerprint density at radius 1 is 0.500 bits per heavy atom. The standard InChI is InChI=1S/C22H52O7Si3/c1-12-26-30(20(3)4,17-14-23-9)28-32(22(7)8,19-16-25-11)29-31(21(5)6,27-13-2)18-15-24-10/h20-22H,12-19H2,1-11H3. The molecule has 0 aromatic heterocycles. The van der Waals surface area contributed by atoms with Gasteiger partial charge in [0.05, 0.1) is 0 Å². The van der Waals surface area contributed by atoms with Gasteiger partial charge in [0.25, 0.3) is 0 Å². The molecule has 0 heterocycles. The van der Waals surface area contributed by atoms with Crippen molar-refractivity contribution in [3.05, 3.63) is 0 Å². The summed E-state index contributed by atoms with van der Waals surface area (Å²) < 4.78 is 44.1. The van der Waals surface area contributed by atoms with Crippen LogP contribution < -0.4 is 0 Å². The van der Waals surface area contributed by atoms with Gasteiger partial charge in [-0.05, 0) is 30.5 Å². The SMILES string of the molecule is CCO[Si](CCOC)(O[Si](CCOC)(O[Si](CCOC)(OCC)C(C)C)C(C)C)C(C)C. The van der Waals surface area contributed by atoms with Gasteiger partial charge in [-0.2, -0.15) is 0 Å². The maximum absolute atomic E-state index is 7.31. The van der Waals surface area contributed by atoms with Crippen molar-refractivity contribution in [1.82, 2.24) is 0 Å². The van der Waals surface area contributed by atoms with Gasteiger partial charge in [-0.1, -0.05) is 41.5 Å². The predicted molar refractivity (Wildman–Crippen MR) is 138 cm³/mol. The Hall–Kier alpha value is 0.371. The van der Waals surface area contributed by atoms with Crippen LogP contribution in [-0.4, -0.2) is 80.0 Å². The fourth-order valence-electron chi connectivity index (χ4n) is 3.91. The third-order valence-corrected chi connectivity index (χ3v) is 21.1. The van der Waals surface area contributed by atoms with E-state index in [2.05, 4.69) is 41.5 Å².